The molecule has 1 aromatic heterocycles. The number of nitrogens with two attached hydrogens (primary N) is 2. The summed E-state index contributed by atoms with van der Waals surface area (Å²) in [7, 11) is 0. The molecule has 0 spiro atoms. The average molecular weight is 443 g/mol. The third kappa shape index (κ3) is 6.24. The second-order valence-electron chi connectivity index (χ2n) is 9.73. The van der Waals surface area contributed by atoms with E-state index in [-0.39, 0.29) is 5.96 Å². The predicted molar refractivity (Wildman–Crippen MR) is 132 cm³/mol. The summed E-state index contributed by atoms with van der Waals surface area (Å²) in [5.41, 5.74) is 11.2. The van der Waals surface area contributed by atoms with Crippen molar-refractivity contribution in [3.63, 3.8) is 0 Å². The quantitative estimate of drug-likeness (QED) is 0.440. The molecule has 8 nitrogen and oxygen atoms in total. The standard InChI is InChI=1S/C24H42N8/c25-23(26)27-14-12-21-20(11-8-18-32(21)19-9-4-3-5-10-19)29-24-28-15-13-22(30-24)31-16-6-1-2-7-17-31/h13,15,19-21H,1-12,14,16-18H2,(H4,25,26,27)(H,28,29,30). The number of hydrogen-bond acceptors (Lipinski definition) is 6. The molecule has 0 bridgehead atoms. The lowest BCUT2D eigenvalue weighted by Gasteiger charge is -2.46. The minimum Gasteiger partial charge on any atom is -0.370 e. The highest BCUT2D eigenvalue weighted by atomic mass is 15.3. The van der Waals surface area contributed by atoms with Gasteiger partial charge in [-0.05, 0) is 57.6 Å². The maximum absolute atomic E-state index is 5.62. The van der Waals surface area contributed by atoms with Crippen LogP contribution >= 0.6 is 0 Å². The minimum absolute atomic E-state index is 0.183. The van der Waals surface area contributed by atoms with Crippen LogP contribution in [0.3, 0.4) is 0 Å². The number of aromatic nitrogens is 2. The van der Waals surface area contributed by atoms with E-state index in [1.165, 1.54) is 70.8 Å². The van der Waals surface area contributed by atoms with Crippen LogP contribution in [0.5, 0.6) is 0 Å². The summed E-state index contributed by atoms with van der Waals surface area (Å²) in [5.74, 6) is 2.00. The van der Waals surface area contributed by atoms with Gasteiger partial charge in [-0.15, -0.1) is 0 Å². The van der Waals surface area contributed by atoms with Gasteiger partial charge in [0.1, 0.15) is 5.82 Å². The third-order valence-corrected chi connectivity index (χ3v) is 7.47. The van der Waals surface area contributed by atoms with Gasteiger partial charge in [-0.25, -0.2) is 4.98 Å². The molecule has 4 rings (SSSR count). The van der Waals surface area contributed by atoms with E-state index in [1.54, 1.807) is 0 Å². The highest BCUT2D eigenvalue weighted by molar-refractivity contribution is 5.75. The molecule has 3 fully saturated rings. The van der Waals surface area contributed by atoms with Gasteiger partial charge in [0.15, 0.2) is 5.96 Å². The first-order valence-electron chi connectivity index (χ1n) is 12.9. The van der Waals surface area contributed by atoms with Crippen molar-refractivity contribution in [2.24, 2.45) is 16.5 Å². The molecule has 5 N–H and O–H groups in total. The molecule has 1 aromatic rings. The van der Waals surface area contributed by atoms with Crippen molar-refractivity contribution in [1.29, 1.82) is 0 Å². The van der Waals surface area contributed by atoms with E-state index in [1.807, 2.05) is 6.20 Å². The average Bonchev–Trinajstić information content (AvgIpc) is 3.10. The van der Waals surface area contributed by atoms with Crippen molar-refractivity contribution in [2.45, 2.75) is 95.2 Å². The van der Waals surface area contributed by atoms with Crippen molar-refractivity contribution in [3.8, 4) is 0 Å². The van der Waals surface area contributed by atoms with Gasteiger partial charge >= 0.3 is 0 Å². The topological polar surface area (TPSA) is 109 Å². The van der Waals surface area contributed by atoms with Gasteiger partial charge in [0.25, 0.3) is 0 Å². The highest BCUT2D eigenvalue weighted by Gasteiger charge is 2.36. The molecule has 2 atom stereocenters. The van der Waals surface area contributed by atoms with Gasteiger partial charge in [0.05, 0.1) is 0 Å². The summed E-state index contributed by atoms with van der Waals surface area (Å²) in [6.07, 6.45) is 17.0. The number of rotatable bonds is 7. The van der Waals surface area contributed by atoms with Gasteiger partial charge in [-0.3, -0.25) is 9.89 Å². The van der Waals surface area contributed by atoms with Crippen LogP contribution in [0.25, 0.3) is 0 Å². The molecule has 1 aliphatic carbocycles. The van der Waals surface area contributed by atoms with Crippen molar-refractivity contribution < 1.29 is 0 Å². The van der Waals surface area contributed by atoms with Crippen LogP contribution in [0.2, 0.25) is 0 Å². The monoisotopic (exact) mass is 442 g/mol. The van der Waals surface area contributed by atoms with Crippen molar-refractivity contribution in [3.05, 3.63) is 12.3 Å². The Morgan fingerprint density at radius 3 is 2.47 bits per heavy atom. The number of anilines is 2. The Labute approximate surface area is 193 Å². The summed E-state index contributed by atoms with van der Waals surface area (Å²) in [4.78, 5) is 19.0. The Kier molecular flexibility index (Phi) is 8.42. The van der Waals surface area contributed by atoms with Crippen LogP contribution < -0.4 is 21.7 Å². The zero-order valence-electron chi connectivity index (χ0n) is 19.6. The number of piperidine rings is 1. The van der Waals surface area contributed by atoms with Crippen LogP contribution in [-0.2, 0) is 0 Å². The van der Waals surface area contributed by atoms with E-state index in [0.717, 1.165) is 37.7 Å². The van der Waals surface area contributed by atoms with Crippen LogP contribution in [0.4, 0.5) is 11.8 Å². The molecule has 0 amide bonds. The minimum atomic E-state index is 0.183. The third-order valence-electron chi connectivity index (χ3n) is 7.47. The normalized spacial score (nSPS) is 25.8. The predicted octanol–water partition coefficient (Wildman–Crippen LogP) is 3.10. The number of aliphatic imine (C=N–C) groups is 1. The first-order valence-corrected chi connectivity index (χ1v) is 12.9. The molecule has 0 aromatic carbocycles. The lowest BCUT2D eigenvalue weighted by atomic mass is 9.87. The number of nitrogens with one attached hydrogen (secondary N) is 1. The van der Waals surface area contributed by atoms with E-state index in [9.17, 15) is 0 Å². The van der Waals surface area contributed by atoms with Gasteiger partial charge in [-0.1, -0.05) is 32.1 Å². The van der Waals surface area contributed by atoms with Gasteiger partial charge in [0, 0.05) is 44.0 Å². The molecule has 2 unspecified atom stereocenters. The zero-order valence-corrected chi connectivity index (χ0v) is 19.6. The summed E-state index contributed by atoms with van der Waals surface area (Å²) in [6, 6.07) is 3.46. The molecule has 32 heavy (non-hydrogen) atoms. The zero-order chi connectivity index (χ0) is 22.2. The Hall–Kier alpha value is -2.09. The Morgan fingerprint density at radius 2 is 1.72 bits per heavy atom. The number of likely N-dealkylation sites (tertiary alicyclic amines) is 1. The fourth-order valence-corrected chi connectivity index (χ4v) is 5.87. The van der Waals surface area contributed by atoms with E-state index >= 15 is 0 Å². The van der Waals surface area contributed by atoms with Gasteiger partial charge < -0.3 is 21.7 Å². The van der Waals surface area contributed by atoms with Crippen LogP contribution in [0, 0.1) is 0 Å². The summed E-state index contributed by atoms with van der Waals surface area (Å²) < 4.78 is 0. The van der Waals surface area contributed by atoms with E-state index in [4.69, 9.17) is 16.5 Å². The maximum Gasteiger partial charge on any atom is 0.224 e. The van der Waals surface area contributed by atoms with Gasteiger partial charge in [0.2, 0.25) is 5.95 Å². The van der Waals surface area contributed by atoms with E-state index in [0.29, 0.717) is 24.7 Å². The first-order chi connectivity index (χ1) is 15.7. The lowest BCUT2D eigenvalue weighted by Crippen LogP contribution is -2.55. The molecular weight excluding hydrogens is 400 g/mol. The SMILES string of the molecule is NC(N)=NCCC1C(Nc2nccc(N3CCCCCC3)n2)CCCN1C1CCCCC1. The molecular formula is C24H42N8. The fraction of sp³-hybridized carbons (Fsp3) is 0.792. The van der Waals surface area contributed by atoms with Crippen LogP contribution in [0.15, 0.2) is 17.3 Å². The number of hydrogen-bond donors (Lipinski definition) is 3. The molecule has 3 aliphatic rings. The Bertz CT molecular complexity index is 720. The molecule has 2 aliphatic heterocycles. The second kappa shape index (κ2) is 11.7. The summed E-state index contributed by atoms with van der Waals surface area (Å²) in [6.45, 7) is 4.03. The van der Waals surface area contributed by atoms with Crippen molar-refractivity contribution in [2.75, 3.05) is 36.4 Å². The molecule has 3 heterocycles. The molecule has 1 saturated carbocycles. The second-order valence-corrected chi connectivity index (χ2v) is 9.73. The summed E-state index contributed by atoms with van der Waals surface area (Å²) in [5, 5.41) is 3.73. The van der Waals surface area contributed by atoms with Crippen LogP contribution in [-0.4, -0.2) is 65.1 Å². The smallest absolute Gasteiger partial charge is 0.224 e. The van der Waals surface area contributed by atoms with E-state index < -0.39 is 0 Å². The number of guanidine groups is 1. The first kappa shape index (κ1) is 23.1. The molecule has 0 radical (unpaired) electrons. The Balaban J connectivity index is 1.48. The molecule has 2 saturated heterocycles. The largest absolute Gasteiger partial charge is 0.370 e. The van der Waals surface area contributed by atoms with Gasteiger partial charge in [-0.2, -0.15) is 4.98 Å². The lowest BCUT2D eigenvalue weighted by molar-refractivity contribution is 0.0610. The van der Waals surface area contributed by atoms with Crippen molar-refractivity contribution >= 4 is 17.7 Å². The van der Waals surface area contributed by atoms with Crippen LogP contribution in [0.1, 0.15) is 77.0 Å². The molecule has 8 heteroatoms. The Morgan fingerprint density at radius 1 is 0.969 bits per heavy atom. The molecule has 178 valence electrons. The summed E-state index contributed by atoms with van der Waals surface area (Å²) >= 11 is 0. The fourth-order valence-electron chi connectivity index (χ4n) is 5.87. The maximum atomic E-state index is 5.62. The highest BCUT2D eigenvalue weighted by Crippen LogP contribution is 2.31. The number of nitrogens with zero attached hydrogens (tertiary/aromatic N) is 5. The van der Waals surface area contributed by atoms with E-state index in [2.05, 4.69) is 31.2 Å². The van der Waals surface area contributed by atoms with Crippen molar-refractivity contribution in [1.82, 2.24) is 14.9 Å².